The molecule has 3 atom stereocenters. The van der Waals surface area contributed by atoms with E-state index in [9.17, 15) is 23.6 Å². The molecular weight excluding hydrogens is 443 g/mol. The van der Waals surface area contributed by atoms with Gasteiger partial charge in [-0.2, -0.15) is 0 Å². The lowest BCUT2D eigenvalue weighted by Gasteiger charge is -2.41. The fraction of sp³-hybridized carbons (Fsp3) is 0.520. The van der Waals surface area contributed by atoms with Crippen molar-refractivity contribution in [1.29, 1.82) is 0 Å². The number of hydrogen-bond donors (Lipinski definition) is 1. The van der Waals surface area contributed by atoms with Crippen molar-refractivity contribution in [1.82, 2.24) is 10.2 Å². The molecule has 0 aromatic heterocycles. The van der Waals surface area contributed by atoms with Gasteiger partial charge in [-0.05, 0) is 57.4 Å². The Morgan fingerprint density at radius 3 is 2.44 bits per heavy atom. The number of benzene rings is 1. The van der Waals surface area contributed by atoms with E-state index in [1.807, 2.05) is 0 Å². The van der Waals surface area contributed by atoms with Crippen LogP contribution in [0.4, 0.5) is 4.39 Å². The van der Waals surface area contributed by atoms with Gasteiger partial charge in [-0.3, -0.25) is 19.2 Å². The van der Waals surface area contributed by atoms with Crippen LogP contribution in [-0.4, -0.2) is 66.9 Å². The van der Waals surface area contributed by atoms with Gasteiger partial charge in [0.2, 0.25) is 5.91 Å². The maximum absolute atomic E-state index is 13.0. The standard InChI is InChI=1S/C25H31FN2O6/c1-15-16(2)34-20(25(3,22(15)30)24(32)33-4)9-10-21(29)28-13-11-19(12-14-28)27-23(31)17-5-7-18(26)8-6-17/h5-8,16,19-20H,1,9-14H2,2-4H3,(H,27,31)/t16-,20+,25-/m1/s1. The Kier molecular flexibility index (Phi) is 7.86. The number of nitrogens with zero attached hydrogens (tertiary/aromatic N) is 1. The van der Waals surface area contributed by atoms with E-state index < -0.39 is 35.2 Å². The lowest BCUT2D eigenvalue weighted by molar-refractivity contribution is -0.176. The van der Waals surface area contributed by atoms with Gasteiger partial charge in [0.1, 0.15) is 5.82 Å². The largest absolute Gasteiger partial charge is 0.468 e. The van der Waals surface area contributed by atoms with Crippen molar-refractivity contribution in [2.45, 2.75) is 57.8 Å². The van der Waals surface area contributed by atoms with Crippen molar-refractivity contribution >= 4 is 23.6 Å². The molecule has 1 aromatic rings. The molecule has 1 N–H and O–H groups in total. The third kappa shape index (κ3) is 5.19. The van der Waals surface area contributed by atoms with E-state index in [2.05, 4.69) is 11.9 Å². The van der Waals surface area contributed by atoms with Crippen molar-refractivity contribution in [2.24, 2.45) is 5.41 Å². The first kappa shape index (κ1) is 25.6. The summed E-state index contributed by atoms with van der Waals surface area (Å²) in [6.45, 7) is 7.85. The number of ether oxygens (including phenoxy) is 2. The number of carbonyl (C=O) groups excluding carboxylic acids is 4. The number of nitrogens with one attached hydrogen (secondary N) is 1. The van der Waals surface area contributed by atoms with Crippen LogP contribution in [0.3, 0.4) is 0 Å². The molecule has 0 radical (unpaired) electrons. The van der Waals surface area contributed by atoms with Crippen molar-refractivity contribution in [2.75, 3.05) is 20.2 Å². The molecule has 0 bridgehead atoms. The number of likely N-dealkylation sites (tertiary alicyclic amines) is 1. The molecule has 2 heterocycles. The number of carbonyl (C=O) groups is 4. The van der Waals surface area contributed by atoms with Gasteiger partial charge in [0.05, 0.1) is 19.3 Å². The average Bonchev–Trinajstić information content (AvgIpc) is 2.84. The van der Waals surface area contributed by atoms with Crippen molar-refractivity contribution in [3.63, 3.8) is 0 Å². The van der Waals surface area contributed by atoms with Gasteiger partial charge in [0.25, 0.3) is 5.91 Å². The highest BCUT2D eigenvalue weighted by Gasteiger charge is 2.54. The van der Waals surface area contributed by atoms with Gasteiger partial charge in [0, 0.05) is 36.7 Å². The van der Waals surface area contributed by atoms with Crippen LogP contribution in [0.1, 0.15) is 49.9 Å². The van der Waals surface area contributed by atoms with Gasteiger partial charge in [-0.1, -0.05) is 6.58 Å². The number of methoxy groups -OCH3 is 1. The summed E-state index contributed by atoms with van der Waals surface area (Å²) in [6.07, 6.45) is 0.128. The summed E-state index contributed by atoms with van der Waals surface area (Å²) in [4.78, 5) is 52.1. The summed E-state index contributed by atoms with van der Waals surface area (Å²) in [5, 5.41) is 2.92. The predicted molar refractivity (Wildman–Crippen MR) is 121 cm³/mol. The van der Waals surface area contributed by atoms with Gasteiger partial charge in [-0.25, -0.2) is 4.39 Å². The van der Waals surface area contributed by atoms with Crippen LogP contribution in [0.15, 0.2) is 36.4 Å². The molecule has 2 aliphatic heterocycles. The topological polar surface area (TPSA) is 102 Å². The number of piperidine rings is 1. The molecule has 2 amide bonds. The molecule has 9 heteroatoms. The van der Waals surface area contributed by atoms with Crippen LogP contribution in [0.25, 0.3) is 0 Å². The number of Topliss-reactive ketones (excluding diaryl/α,β-unsaturated/α-hetero) is 1. The van der Waals surface area contributed by atoms with E-state index in [0.29, 0.717) is 31.5 Å². The number of amides is 2. The molecule has 0 spiro atoms. The first-order valence-corrected chi connectivity index (χ1v) is 11.4. The number of rotatable bonds is 6. The SMILES string of the molecule is C=C1C(=O)[C@](C)(C(=O)OC)[C@H](CCC(=O)N2CCC(NC(=O)c3ccc(F)cc3)CC2)O[C@@H]1C. The zero-order chi connectivity index (χ0) is 25.0. The van der Waals surface area contributed by atoms with Crippen LogP contribution in [-0.2, 0) is 23.9 Å². The van der Waals surface area contributed by atoms with Crippen LogP contribution >= 0.6 is 0 Å². The van der Waals surface area contributed by atoms with Crippen molar-refractivity contribution < 1.29 is 33.0 Å². The summed E-state index contributed by atoms with van der Waals surface area (Å²) < 4.78 is 23.8. The monoisotopic (exact) mass is 474 g/mol. The van der Waals surface area contributed by atoms with E-state index in [4.69, 9.17) is 9.47 Å². The minimum Gasteiger partial charge on any atom is -0.468 e. The van der Waals surface area contributed by atoms with E-state index >= 15 is 0 Å². The van der Waals surface area contributed by atoms with Crippen molar-refractivity contribution in [3.05, 3.63) is 47.8 Å². The van der Waals surface area contributed by atoms with E-state index in [0.717, 1.165) is 0 Å². The van der Waals surface area contributed by atoms with E-state index in [-0.39, 0.29) is 36.3 Å². The molecule has 0 aliphatic carbocycles. The zero-order valence-corrected chi connectivity index (χ0v) is 19.8. The molecule has 1 aromatic carbocycles. The van der Waals surface area contributed by atoms with Crippen LogP contribution in [0.5, 0.6) is 0 Å². The predicted octanol–water partition coefficient (Wildman–Crippen LogP) is 2.42. The minimum absolute atomic E-state index is 0.0876. The average molecular weight is 475 g/mol. The third-order valence-corrected chi connectivity index (χ3v) is 6.79. The molecule has 34 heavy (non-hydrogen) atoms. The molecule has 2 fully saturated rings. The summed E-state index contributed by atoms with van der Waals surface area (Å²) in [7, 11) is 1.21. The maximum atomic E-state index is 13.0. The normalized spacial score (nSPS) is 25.7. The molecule has 2 aliphatic rings. The van der Waals surface area contributed by atoms with Crippen molar-refractivity contribution in [3.8, 4) is 0 Å². The molecule has 184 valence electrons. The summed E-state index contributed by atoms with van der Waals surface area (Å²) in [5.74, 6) is -1.92. The van der Waals surface area contributed by atoms with Crippen LogP contribution < -0.4 is 5.32 Å². The Balaban J connectivity index is 1.53. The summed E-state index contributed by atoms with van der Waals surface area (Å²) in [6, 6.07) is 5.25. The second-order valence-electron chi connectivity index (χ2n) is 8.99. The Labute approximate surface area is 198 Å². The zero-order valence-electron chi connectivity index (χ0n) is 19.8. The summed E-state index contributed by atoms with van der Waals surface area (Å²) in [5.41, 5.74) is -0.955. The molecule has 3 rings (SSSR count). The number of hydrogen-bond acceptors (Lipinski definition) is 6. The number of halogens is 1. The lowest BCUT2D eigenvalue weighted by atomic mass is 9.72. The Morgan fingerprint density at radius 1 is 1.24 bits per heavy atom. The fourth-order valence-electron chi connectivity index (χ4n) is 4.48. The van der Waals surface area contributed by atoms with Gasteiger partial charge in [0.15, 0.2) is 11.2 Å². The van der Waals surface area contributed by atoms with Crippen LogP contribution in [0.2, 0.25) is 0 Å². The smallest absolute Gasteiger partial charge is 0.322 e. The lowest BCUT2D eigenvalue weighted by Crippen LogP contribution is -2.55. The van der Waals surface area contributed by atoms with E-state index in [1.165, 1.54) is 38.3 Å². The third-order valence-electron chi connectivity index (χ3n) is 6.79. The van der Waals surface area contributed by atoms with Gasteiger partial charge >= 0.3 is 5.97 Å². The first-order chi connectivity index (χ1) is 16.1. The first-order valence-electron chi connectivity index (χ1n) is 11.4. The second-order valence-corrected chi connectivity index (χ2v) is 8.99. The number of esters is 1. The fourth-order valence-corrected chi connectivity index (χ4v) is 4.48. The van der Waals surface area contributed by atoms with Gasteiger partial charge in [-0.15, -0.1) is 0 Å². The highest BCUT2D eigenvalue weighted by molar-refractivity contribution is 6.13. The molecule has 0 unspecified atom stereocenters. The highest BCUT2D eigenvalue weighted by atomic mass is 19.1. The number of ketones is 1. The quantitative estimate of drug-likeness (QED) is 0.386. The van der Waals surface area contributed by atoms with Gasteiger partial charge < -0.3 is 19.7 Å². The maximum Gasteiger partial charge on any atom is 0.322 e. The Morgan fingerprint density at radius 2 is 1.85 bits per heavy atom. The molecule has 8 nitrogen and oxygen atoms in total. The Bertz CT molecular complexity index is 970. The Hall–Kier alpha value is -3.07. The highest BCUT2D eigenvalue weighted by Crippen LogP contribution is 2.39. The minimum atomic E-state index is -1.55. The van der Waals surface area contributed by atoms with Crippen LogP contribution in [0, 0.1) is 11.2 Å². The molecular formula is C25H31FN2O6. The summed E-state index contributed by atoms with van der Waals surface area (Å²) >= 11 is 0. The molecule has 2 saturated heterocycles. The second kappa shape index (κ2) is 10.5. The molecule has 0 saturated carbocycles. The van der Waals surface area contributed by atoms with E-state index in [1.54, 1.807) is 11.8 Å².